The molecule has 2 rings (SSSR count). The lowest BCUT2D eigenvalue weighted by Gasteiger charge is -2.25. The maximum atomic E-state index is 9.60. The van der Waals surface area contributed by atoms with Crippen molar-refractivity contribution in [2.75, 3.05) is 0 Å². The lowest BCUT2D eigenvalue weighted by molar-refractivity contribution is 0.114. The Hall–Kier alpha value is -0.760. The number of nitrogens with zero attached hydrogens (tertiary/aromatic N) is 1. The van der Waals surface area contributed by atoms with Gasteiger partial charge in [0.2, 0.25) is 0 Å². The highest BCUT2D eigenvalue weighted by Gasteiger charge is 2.21. The lowest BCUT2D eigenvalue weighted by Crippen LogP contribution is -2.20. The number of rotatable bonds is 0. The topological polar surface area (TPSA) is 25.2 Å². The third-order valence-corrected chi connectivity index (χ3v) is 2.34. The van der Waals surface area contributed by atoms with Crippen molar-refractivity contribution in [3.05, 3.63) is 24.0 Å². The van der Waals surface area contributed by atoms with Gasteiger partial charge in [-0.3, -0.25) is 0 Å². The van der Waals surface area contributed by atoms with E-state index in [1.165, 1.54) is 0 Å². The molecule has 0 spiro atoms. The van der Waals surface area contributed by atoms with E-state index in [1.807, 2.05) is 18.3 Å². The molecule has 1 aliphatic rings. The maximum Gasteiger partial charge on any atom is 0.0942 e. The highest BCUT2D eigenvalue weighted by Crippen LogP contribution is 2.28. The largest absolute Gasteiger partial charge is 0.387 e. The average molecular weight is 151 g/mol. The van der Waals surface area contributed by atoms with Crippen molar-refractivity contribution >= 4 is 0 Å². The van der Waals surface area contributed by atoms with Gasteiger partial charge in [0, 0.05) is 18.4 Å². The van der Waals surface area contributed by atoms with Gasteiger partial charge >= 0.3 is 0 Å². The van der Waals surface area contributed by atoms with Gasteiger partial charge in [0.25, 0.3) is 0 Å². The van der Waals surface area contributed by atoms with E-state index in [1.54, 1.807) is 0 Å². The van der Waals surface area contributed by atoms with E-state index in [-0.39, 0.29) is 6.10 Å². The van der Waals surface area contributed by atoms with E-state index in [9.17, 15) is 5.11 Å². The zero-order valence-corrected chi connectivity index (χ0v) is 6.70. The van der Waals surface area contributed by atoms with Crippen LogP contribution in [-0.4, -0.2) is 9.67 Å². The van der Waals surface area contributed by atoms with Crippen LogP contribution in [-0.2, 0) is 6.54 Å². The molecule has 11 heavy (non-hydrogen) atoms. The molecular weight excluding hydrogens is 138 g/mol. The van der Waals surface area contributed by atoms with Gasteiger partial charge in [-0.2, -0.15) is 0 Å². The second-order valence-electron chi connectivity index (χ2n) is 3.44. The van der Waals surface area contributed by atoms with Crippen LogP contribution in [0.25, 0.3) is 0 Å². The fourth-order valence-electron chi connectivity index (χ4n) is 1.81. The molecule has 1 N–H and O–H groups in total. The quantitative estimate of drug-likeness (QED) is 0.598. The van der Waals surface area contributed by atoms with Crippen molar-refractivity contribution in [3.63, 3.8) is 0 Å². The van der Waals surface area contributed by atoms with E-state index in [0.717, 1.165) is 18.7 Å². The number of hydrogen-bond donors (Lipinski definition) is 1. The van der Waals surface area contributed by atoms with Crippen LogP contribution in [0.1, 0.15) is 25.1 Å². The van der Waals surface area contributed by atoms with E-state index in [2.05, 4.69) is 11.5 Å². The van der Waals surface area contributed by atoms with Gasteiger partial charge in [-0.25, -0.2) is 0 Å². The van der Waals surface area contributed by atoms with Crippen molar-refractivity contribution in [2.24, 2.45) is 5.92 Å². The van der Waals surface area contributed by atoms with Crippen LogP contribution in [0.2, 0.25) is 0 Å². The summed E-state index contributed by atoms with van der Waals surface area (Å²) in [5, 5.41) is 9.60. The highest BCUT2D eigenvalue weighted by molar-refractivity contribution is 5.12. The van der Waals surface area contributed by atoms with Crippen molar-refractivity contribution in [3.8, 4) is 0 Å². The first-order valence-electron chi connectivity index (χ1n) is 4.10. The molecule has 2 atom stereocenters. The van der Waals surface area contributed by atoms with Crippen molar-refractivity contribution in [1.82, 2.24) is 4.57 Å². The van der Waals surface area contributed by atoms with Gasteiger partial charge in [-0.15, -0.1) is 0 Å². The Labute approximate surface area is 66.5 Å². The Morgan fingerprint density at radius 3 is 3.27 bits per heavy atom. The maximum absolute atomic E-state index is 9.60. The lowest BCUT2D eigenvalue weighted by atomic mass is 9.98. The smallest absolute Gasteiger partial charge is 0.0942 e. The van der Waals surface area contributed by atoms with Crippen LogP contribution in [0, 0.1) is 5.92 Å². The van der Waals surface area contributed by atoms with Crippen molar-refractivity contribution in [1.29, 1.82) is 0 Å². The summed E-state index contributed by atoms with van der Waals surface area (Å²) < 4.78 is 2.14. The summed E-state index contributed by atoms with van der Waals surface area (Å²) in [6, 6.07) is 3.99. The highest BCUT2D eigenvalue weighted by atomic mass is 16.3. The van der Waals surface area contributed by atoms with E-state index in [4.69, 9.17) is 0 Å². The predicted molar refractivity (Wildman–Crippen MR) is 43.2 cm³/mol. The number of aliphatic hydroxyl groups excluding tert-OH is 1. The van der Waals surface area contributed by atoms with Crippen LogP contribution >= 0.6 is 0 Å². The molecule has 0 bridgehead atoms. The van der Waals surface area contributed by atoms with Crippen molar-refractivity contribution in [2.45, 2.75) is 26.0 Å². The van der Waals surface area contributed by atoms with E-state index < -0.39 is 0 Å². The van der Waals surface area contributed by atoms with Gasteiger partial charge in [0.1, 0.15) is 0 Å². The number of aliphatic hydroxyl groups is 1. The molecule has 1 aromatic heterocycles. The fraction of sp³-hybridized carbons (Fsp3) is 0.556. The zero-order chi connectivity index (χ0) is 7.84. The molecule has 0 aliphatic carbocycles. The Kier molecular flexibility index (Phi) is 1.50. The second kappa shape index (κ2) is 2.38. The standard InChI is InChI=1S/C9H13NO/c1-7-5-9(11)8-3-2-4-10(8)6-7/h2-4,7,9,11H,5-6H2,1H3. The Balaban J connectivity index is 2.36. The summed E-state index contributed by atoms with van der Waals surface area (Å²) in [5.74, 6) is 0.602. The summed E-state index contributed by atoms with van der Waals surface area (Å²) in [6.45, 7) is 3.23. The molecule has 2 nitrogen and oxygen atoms in total. The van der Waals surface area contributed by atoms with Gasteiger partial charge in [-0.05, 0) is 24.5 Å². The van der Waals surface area contributed by atoms with Gasteiger partial charge < -0.3 is 9.67 Å². The van der Waals surface area contributed by atoms with Crippen LogP contribution in [0.5, 0.6) is 0 Å². The summed E-state index contributed by atoms with van der Waals surface area (Å²) in [4.78, 5) is 0. The number of hydrogen-bond acceptors (Lipinski definition) is 1. The minimum Gasteiger partial charge on any atom is -0.387 e. The normalized spacial score (nSPS) is 30.0. The van der Waals surface area contributed by atoms with E-state index >= 15 is 0 Å². The summed E-state index contributed by atoms with van der Waals surface area (Å²) >= 11 is 0. The van der Waals surface area contributed by atoms with Gasteiger partial charge in [0.05, 0.1) is 6.10 Å². The molecule has 1 aromatic rings. The second-order valence-corrected chi connectivity index (χ2v) is 3.44. The molecule has 0 aromatic carbocycles. The first-order valence-corrected chi connectivity index (χ1v) is 4.10. The molecule has 2 heterocycles. The molecule has 2 unspecified atom stereocenters. The first-order chi connectivity index (χ1) is 5.27. The summed E-state index contributed by atoms with van der Waals surface area (Å²) in [7, 11) is 0. The molecule has 0 saturated heterocycles. The van der Waals surface area contributed by atoms with Gasteiger partial charge in [-0.1, -0.05) is 6.92 Å². The van der Waals surface area contributed by atoms with Crippen LogP contribution in [0.15, 0.2) is 18.3 Å². The molecule has 2 heteroatoms. The third kappa shape index (κ3) is 1.07. The van der Waals surface area contributed by atoms with Crippen LogP contribution in [0.4, 0.5) is 0 Å². The molecule has 0 radical (unpaired) electrons. The minimum absolute atomic E-state index is 0.242. The monoisotopic (exact) mass is 151 g/mol. The van der Waals surface area contributed by atoms with Crippen LogP contribution < -0.4 is 0 Å². The predicted octanol–water partition coefficient (Wildman–Crippen LogP) is 1.56. The fourth-order valence-corrected chi connectivity index (χ4v) is 1.81. The molecule has 1 aliphatic heterocycles. The number of aromatic nitrogens is 1. The molecule has 0 amide bonds. The summed E-state index contributed by atoms with van der Waals surface area (Å²) in [5.41, 5.74) is 1.07. The zero-order valence-electron chi connectivity index (χ0n) is 6.70. The van der Waals surface area contributed by atoms with Crippen LogP contribution in [0.3, 0.4) is 0 Å². The first kappa shape index (κ1) is 6.92. The van der Waals surface area contributed by atoms with Crippen molar-refractivity contribution < 1.29 is 5.11 Å². The van der Waals surface area contributed by atoms with E-state index in [0.29, 0.717) is 5.92 Å². The number of fused-ring (bicyclic) bond motifs is 1. The average Bonchev–Trinajstić information content (AvgIpc) is 2.34. The Morgan fingerprint density at radius 1 is 1.64 bits per heavy atom. The minimum atomic E-state index is -0.242. The molecule has 0 saturated carbocycles. The van der Waals surface area contributed by atoms with Gasteiger partial charge in [0.15, 0.2) is 0 Å². The molecule has 60 valence electrons. The molecule has 0 fully saturated rings. The Morgan fingerprint density at radius 2 is 2.45 bits per heavy atom. The SMILES string of the molecule is CC1CC(O)c2cccn2C1. The molecular formula is C9H13NO. The third-order valence-electron chi connectivity index (χ3n) is 2.34. The Bertz CT molecular complexity index is 254. The summed E-state index contributed by atoms with van der Waals surface area (Å²) in [6.07, 6.45) is 2.70.